The first-order valence-electron chi connectivity index (χ1n) is 5.38. The average molecular weight is 312 g/mol. The van der Waals surface area contributed by atoms with Crippen LogP contribution in [0.5, 0.6) is 0 Å². The summed E-state index contributed by atoms with van der Waals surface area (Å²) in [7, 11) is 0. The van der Waals surface area contributed by atoms with Gasteiger partial charge in [0.05, 0.1) is 6.04 Å². The van der Waals surface area contributed by atoms with Gasteiger partial charge in [0.2, 0.25) is 0 Å². The molecule has 1 atom stereocenters. The number of halogens is 2. The van der Waals surface area contributed by atoms with Gasteiger partial charge in [0, 0.05) is 0 Å². The van der Waals surface area contributed by atoms with Crippen LogP contribution in [-0.4, -0.2) is 5.91 Å². The molecule has 0 bridgehead atoms. The normalized spacial score (nSPS) is 12.2. The summed E-state index contributed by atoms with van der Waals surface area (Å²) in [4.78, 5) is 11.8. The van der Waals surface area contributed by atoms with Crippen LogP contribution in [0.2, 0.25) is 0 Å². The molecule has 1 aromatic carbocycles. The van der Waals surface area contributed by atoms with E-state index in [0.29, 0.717) is 4.67 Å². The second-order valence-electron chi connectivity index (χ2n) is 3.85. The molecule has 2 rings (SSSR count). The van der Waals surface area contributed by atoms with Crippen molar-refractivity contribution in [1.82, 2.24) is 5.32 Å². The fraction of sp³-hybridized carbons (Fsp3) is 0.154. The van der Waals surface area contributed by atoms with Crippen LogP contribution >= 0.6 is 15.9 Å². The highest BCUT2D eigenvalue weighted by atomic mass is 79.9. The summed E-state index contributed by atoms with van der Waals surface area (Å²) in [6.07, 6.45) is 0. The van der Waals surface area contributed by atoms with Gasteiger partial charge in [-0.2, -0.15) is 0 Å². The molecule has 0 fully saturated rings. The standard InChI is InChI=1S/C13H11BrFNO2/c1-8(9-2-4-10(15)5-3-9)16-13(17)11-6-7-12(14)18-11/h2-8H,1H3,(H,16,17). The lowest BCUT2D eigenvalue weighted by Gasteiger charge is -2.13. The minimum Gasteiger partial charge on any atom is -0.444 e. The highest BCUT2D eigenvalue weighted by molar-refractivity contribution is 9.10. The lowest BCUT2D eigenvalue weighted by Crippen LogP contribution is -2.26. The Hall–Kier alpha value is -1.62. The molecule has 0 aliphatic rings. The van der Waals surface area contributed by atoms with Crippen molar-refractivity contribution in [2.75, 3.05) is 0 Å². The third kappa shape index (κ3) is 2.98. The molecule has 1 heterocycles. The van der Waals surface area contributed by atoms with Gasteiger partial charge >= 0.3 is 0 Å². The van der Waals surface area contributed by atoms with Crippen molar-refractivity contribution in [3.8, 4) is 0 Å². The Morgan fingerprint density at radius 1 is 1.28 bits per heavy atom. The molecule has 0 saturated carbocycles. The first-order valence-corrected chi connectivity index (χ1v) is 6.17. The number of benzene rings is 1. The summed E-state index contributed by atoms with van der Waals surface area (Å²) in [6, 6.07) is 9.01. The van der Waals surface area contributed by atoms with Crippen molar-refractivity contribution in [3.63, 3.8) is 0 Å². The van der Waals surface area contributed by atoms with Gasteiger partial charge in [0.15, 0.2) is 10.4 Å². The first-order chi connectivity index (χ1) is 8.56. The third-order valence-corrected chi connectivity index (χ3v) is 2.94. The summed E-state index contributed by atoms with van der Waals surface area (Å²) >= 11 is 3.13. The Balaban J connectivity index is 2.05. The Morgan fingerprint density at radius 3 is 2.50 bits per heavy atom. The van der Waals surface area contributed by atoms with Gasteiger partial charge in [-0.1, -0.05) is 12.1 Å². The summed E-state index contributed by atoms with van der Waals surface area (Å²) < 4.78 is 18.4. The molecule has 94 valence electrons. The van der Waals surface area contributed by atoms with Crippen molar-refractivity contribution in [1.29, 1.82) is 0 Å². The van der Waals surface area contributed by atoms with Crippen LogP contribution in [0, 0.1) is 5.82 Å². The second kappa shape index (κ2) is 5.35. The van der Waals surface area contributed by atoms with Crippen molar-refractivity contribution in [2.45, 2.75) is 13.0 Å². The minimum atomic E-state index is -0.308. The molecule has 2 aromatic rings. The number of carbonyl (C=O) groups excluding carboxylic acids is 1. The predicted octanol–water partition coefficient (Wildman–Crippen LogP) is 3.67. The van der Waals surface area contributed by atoms with Crippen LogP contribution in [0.25, 0.3) is 0 Å². The molecule has 0 aliphatic carbocycles. The maximum atomic E-state index is 12.8. The van der Waals surface area contributed by atoms with E-state index in [0.717, 1.165) is 5.56 Å². The summed E-state index contributed by atoms with van der Waals surface area (Å²) in [6.45, 7) is 1.82. The molecule has 0 spiro atoms. The predicted molar refractivity (Wildman–Crippen MR) is 68.7 cm³/mol. The van der Waals surface area contributed by atoms with Crippen LogP contribution in [-0.2, 0) is 0 Å². The molecule has 0 saturated heterocycles. The zero-order chi connectivity index (χ0) is 13.1. The number of carbonyl (C=O) groups is 1. The van der Waals surface area contributed by atoms with Gasteiger partial charge in [0.25, 0.3) is 5.91 Å². The van der Waals surface area contributed by atoms with Crippen molar-refractivity contribution in [2.24, 2.45) is 0 Å². The lowest BCUT2D eigenvalue weighted by atomic mass is 10.1. The second-order valence-corrected chi connectivity index (χ2v) is 4.63. The number of hydrogen-bond acceptors (Lipinski definition) is 2. The largest absolute Gasteiger partial charge is 0.444 e. The van der Waals surface area contributed by atoms with Crippen molar-refractivity contribution in [3.05, 3.63) is 58.2 Å². The smallest absolute Gasteiger partial charge is 0.287 e. The van der Waals surface area contributed by atoms with E-state index in [9.17, 15) is 9.18 Å². The summed E-state index contributed by atoms with van der Waals surface area (Å²) in [5.74, 6) is -0.374. The molecule has 18 heavy (non-hydrogen) atoms. The third-order valence-electron chi connectivity index (χ3n) is 2.51. The van der Waals surface area contributed by atoms with Crippen LogP contribution in [0.1, 0.15) is 29.1 Å². The summed E-state index contributed by atoms with van der Waals surface area (Å²) in [5.41, 5.74) is 0.829. The van der Waals surface area contributed by atoms with E-state index in [2.05, 4.69) is 21.2 Å². The number of amides is 1. The van der Waals surface area contributed by atoms with Gasteiger partial charge < -0.3 is 9.73 Å². The quantitative estimate of drug-likeness (QED) is 0.939. The van der Waals surface area contributed by atoms with E-state index in [1.54, 1.807) is 24.3 Å². The summed E-state index contributed by atoms with van der Waals surface area (Å²) in [5, 5.41) is 2.77. The molecule has 1 N–H and O–H groups in total. The molecular formula is C13H11BrFNO2. The fourth-order valence-electron chi connectivity index (χ4n) is 1.54. The molecule has 5 heteroatoms. The zero-order valence-corrected chi connectivity index (χ0v) is 11.2. The first kappa shape index (κ1) is 12.8. The van der Waals surface area contributed by atoms with E-state index < -0.39 is 0 Å². The fourth-order valence-corrected chi connectivity index (χ4v) is 1.85. The van der Waals surface area contributed by atoms with Crippen molar-refractivity contribution < 1.29 is 13.6 Å². The molecule has 1 aromatic heterocycles. The Labute approximate surface area is 112 Å². The molecular weight excluding hydrogens is 301 g/mol. The Morgan fingerprint density at radius 2 is 1.94 bits per heavy atom. The molecule has 0 radical (unpaired) electrons. The Bertz CT molecular complexity index is 550. The molecule has 3 nitrogen and oxygen atoms in total. The maximum Gasteiger partial charge on any atom is 0.287 e. The van der Waals surface area contributed by atoms with Crippen LogP contribution < -0.4 is 5.32 Å². The van der Waals surface area contributed by atoms with Gasteiger partial charge in [-0.25, -0.2) is 4.39 Å². The highest BCUT2D eigenvalue weighted by Gasteiger charge is 2.14. The van der Waals surface area contributed by atoms with E-state index in [1.165, 1.54) is 12.1 Å². The van der Waals surface area contributed by atoms with Gasteiger partial charge in [-0.05, 0) is 52.7 Å². The lowest BCUT2D eigenvalue weighted by molar-refractivity contribution is 0.0910. The Kier molecular flexibility index (Phi) is 3.81. The van der Waals surface area contributed by atoms with Crippen LogP contribution in [0.3, 0.4) is 0 Å². The number of hydrogen-bond donors (Lipinski definition) is 1. The van der Waals surface area contributed by atoms with Crippen molar-refractivity contribution >= 4 is 21.8 Å². The minimum absolute atomic E-state index is 0.220. The highest BCUT2D eigenvalue weighted by Crippen LogP contribution is 2.17. The number of furan rings is 1. The van der Waals surface area contributed by atoms with Gasteiger partial charge in [0.1, 0.15) is 5.82 Å². The van der Waals surface area contributed by atoms with Crippen LogP contribution in [0.4, 0.5) is 4.39 Å². The van der Waals surface area contributed by atoms with Gasteiger partial charge in [-0.3, -0.25) is 4.79 Å². The number of rotatable bonds is 3. The van der Waals surface area contributed by atoms with E-state index in [4.69, 9.17) is 4.42 Å². The SMILES string of the molecule is CC(NC(=O)c1ccc(Br)o1)c1ccc(F)cc1. The van der Waals surface area contributed by atoms with E-state index in [-0.39, 0.29) is 23.5 Å². The molecule has 0 aliphatic heterocycles. The maximum absolute atomic E-state index is 12.8. The van der Waals surface area contributed by atoms with Gasteiger partial charge in [-0.15, -0.1) is 0 Å². The zero-order valence-electron chi connectivity index (χ0n) is 9.61. The average Bonchev–Trinajstić information content (AvgIpc) is 2.76. The molecule has 1 amide bonds. The monoisotopic (exact) mass is 311 g/mol. The van der Waals surface area contributed by atoms with Crippen LogP contribution in [0.15, 0.2) is 45.5 Å². The molecule has 1 unspecified atom stereocenters. The topological polar surface area (TPSA) is 42.2 Å². The van der Waals surface area contributed by atoms with E-state index in [1.807, 2.05) is 6.92 Å². The number of nitrogens with one attached hydrogen (secondary N) is 1. The van der Waals surface area contributed by atoms with E-state index >= 15 is 0 Å².